The van der Waals surface area contributed by atoms with Crippen molar-refractivity contribution in [3.05, 3.63) is 0 Å². The van der Waals surface area contributed by atoms with Crippen LogP contribution < -0.4 is 0 Å². The van der Waals surface area contributed by atoms with E-state index in [9.17, 15) is 0 Å². The molecule has 0 aromatic rings. The third-order valence-electron chi connectivity index (χ3n) is 4.73. The fraction of sp³-hybridized carbons (Fsp3) is 0. The third kappa shape index (κ3) is 18.1. The van der Waals surface area contributed by atoms with Gasteiger partial charge in [0, 0.05) is 84.7 Å². The highest BCUT2D eigenvalue weighted by Crippen LogP contribution is 2.25. The number of hydrogen-bond acceptors (Lipinski definition) is 0. The van der Waals surface area contributed by atoms with Crippen molar-refractivity contribution in [2.75, 3.05) is 0 Å². The summed E-state index contributed by atoms with van der Waals surface area (Å²) in [6.45, 7) is 4.75. The van der Waals surface area contributed by atoms with E-state index < -0.39 is 0 Å². The summed E-state index contributed by atoms with van der Waals surface area (Å²) in [6, 6.07) is 0. The molecule has 22 heavy (non-hydrogen) atoms. The highest BCUT2D eigenvalue weighted by molar-refractivity contribution is 8.34. The molecule has 0 saturated carbocycles. The first kappa shape index (κ1) is 23.8. The van der Waals surface area contributed by atoms with E-state index >= 15 is 0 Å². The molecule has 0 rings (SSSR count). The molecule has 0 nitrogen and oxygen atoms in total. The number of hydrogen-bond donors (Lipinski definition) is 0. The molecule has 0 aliphatic rings. The Morgan fingerprint density at radius 1 is 0.364 bits per heavy atom. The molecule has 0 fully saturated rings. The average Bonchev–Trinajstić information content (AvgIpc) is 2.53. The molecule has 0 N–H and O–H groups in total. The minimum Gasteiger partial charge on any atom is -0.239 e. The van der Waals surface area contributed by atoms with E-state index in [1.54, 1.807) is 20.7 Å². The maximum atomic E-state index is 2.32. The molecular weight excluding hydrogens is 258 g/mol. The molecule has 0 aliphatic heterocycles. The van der Waals surface area contributed by atoms with Crippen LogP contribution in [0.1, 0.15) is 0 Å². The largest absolute Gasteiger partial charge is 0.239 e. The first-order chi connectivity index (χ1) is 10.8. The van der Waals surface area contributed by atoms with Gasteiger partial charge in [-0.05, 0) is 0 Å². The van der Waals surface area contributed by atoms with Crippen molar-refractivity contribution < 1.29 is 0 Å². The van der Waals surface area contributed by atoms with Gasteiger partial charge in [0.15, 0.2) is 0 Å². The second-order valence-corrected chi connectivity index (χ2v) is 9.77. The first-order valence-corrected chi connectivity index (χ1v) is 12.5. The lowest BCUT2D eigenvalue weighted by molar-refractivity contribution is 3.81. The van der Waals surface area contributed by atoms with Crippen LogP contribution in [-0.2, 0) is 0 Å². The van der Waals surface area contributed by atoms with Crippen molar-refractivity contribution in [2.24, 2.45) is 0 Å². The molecular formula is H24B21P. The Morgan fingerprint density at radius 2 is 0.636 bits per heavy atom. The Labute approximate surface area is 157 Å². The van der Waals surface area contributed by atoms with Gasteiger partial charge in [-0.15, -0.1) is 0 Å². The van der Waals surface area contributed by atoms with Crippen molar-refractivity contribution >= 4 is 157 Å². The molecule has 0 aliphatic carbocycles. The molecule has 0 bridgehead atoms. The van der Waals surface area contributed by atoms with Gasteiger partial charge < -0.3 is 0 Å². The van der Waals surface area contributed by atoms with Gasteiger partial charge in [0.25, 0.3) is 0 Å². The molecule has 22 heteroatoms. The van der Waals surface area contributed by atoms with Gasteiger partial charge in [0.2, 0.25) is 0 Å². The summed E-state index contributed by atoms with van der Waals surface area (Å²) in [5.41, 5.74) is 0. The summed E-state index contributed by atoms with van der Waals surface area (Å²) < 4.78 is 0. The van der Waals surface area contributed by atoms with Gasteiger partial charge >= 0.3 is 0 Å². The van der Waals surface area contributed by atoms with Crippen LogP contribution >= 0.6 is 7.56 Å². The van der Waals surface area contributed by atoms with E-state index in [0.717, 1.165) is 0 Å². The second kappa shape index (κ2) is 20.8. The molecule has 0 atom stereocenters. The van der Waals surface area contributed by atoms with Crippen LogP contribution in [0.4, 0.5) is 0 Å². The Hall–Kier alpha value is 1.79. The third-order valence-corrected chi connectivity index (χ3v) is 7.58. The van der Waals surface area contributed by atoms with Crippen molar-refractivity contribution in [3.63, 3.8) is 0 Å². The summed E-state index contributed by atoms with van der Waals surface area (Å²) in [6.07, 6.45) is 0. The van der Waals surface area contributed by atoms with Crippen LogP contribution in [0.5, 0.6) is 0 Å². The lowest BCUT2D eigenvalue weighted by Gasteiger charge is -2.14. The van der Waals surface area contributed by atoms with Gasteiger partial charge in [-0.2, -0.15) is 0 Å². The smallest absolute Gasteiger partial charge is 0.0870 e. The van der Waals surface area contributed by atoms with Crippen molar-refractivity contribution in [1.82, 2.24) is 0 Å². The summed E-state index contributed by atoms with van der Waals surface area (Å²) in [5.74, 6) is 0. The van der Waals surface area contributed by atoms with Gasteiger partial charge in [-0.3, -0.25) is 0 Å². The highest BCUT2D eigenvalue weighted by atomic mass is 31.1. The van der Waals surface area contributed by atoms with E-state index in [4.69, 9.17) is 0 Å². The zero-order chi connectivity index (χ0) is 16.3. The van der Waals surface area contributed by atoms with Crippen molar-refractivity contribution in [1.29, 1.82) is 0 Å². The standard InChI is InChI=1S/B21H24P/c1-4-7-10-13-16-19-22(20-17-14-11-8-5-2)21-18-15-12-9-6-3/h4-21H,1-3H2. The molecule has 0 radical (unpaired) electrons. The molecule has 0 amide bonds. The minimum atomic E-state index is 0.377. The van der Waals surface area contributed by atoms with E-state index in [0.29, 0.717) is 7.56 Å². The van der Waals surface area contributed by atoms with Crippen LogP contribution in [-0.4, -0.2) is 150 Å². The quantitative estimate of drug-likeness (QED) is 0.133. The normalized spacial score (nSPS) is 8.05. The maximum Gasteiger partial charge on any atom is 0.0870 e. The van der Waals surface area contributed by atoms with Crippen LogP contribution in [0.2, 0.25) is 0 Å². The SMILES string of the molecule is BBBBBBBP(BBBBBBB)BBBBBBB. The monoisotopic (exact) mass is 286 g/mol. The second-order valence-electron chi connectivity index (χ2n) is 7.08. The summed E-state index contributed by atoms with van der Waals surface area (Å²) >= 11 is 0. The molecule has 0 spiro atoms. The maximum absolute atomic E-state index is 2.32. The van der Waals surface area contributed by atoms with E-state index in [2.05, 4.69) is 23.2 Å². The molecule has 0 aromatic heterocycles. The van der Waals surface area contributed by atoms with E-state index in [-0.39, 0.29) is 0 Å². The van der Waals surface area contributed by atoms with Gasteiger partial charge in [-0.1, -0.05) is 0 Å². The fourth-order valence-electron chi connectivity index (χ4n) is 3.15. The minimum absolute atomic E-state index is 0.377. The Morgan fingerprint density at radius 3 is 0.909 bits per heavy atom. The van der Waals surface area contributed by atoms with E-state index in [1.807, 2.05) is 0 Å². The Balaban J connectivity index is 3.72. The summed E-state index contributed by atoms with van der Waals surface area (Å²) in [5, 5.41) is 0. The summed E-state index contributed by atoms with van der Waals surface area (Å²) in [7, 11) is 29.3. The highest BCUT2D eigenvalue weighted by Gasteiger charge is 2.13. The summed E-state index contributed by atoms with van der Waals surface area (Å²) in [4.78, 5) is 0. The average molecular weight is 282 g/mol. The zero-order valence-corrected chi connectivity index (χ0v) is 17.1. The predicted molar refractivity (Wildman–Crippen MR) is 161 cm³/mol. The predicted octanol–water partition coefficient (Wildman–Crippen LogP) is -13.6. The van der Waals surface area contributed by atoms with Gasteiger partial charge in [-0.25, -0.2) is 7.56 Å². The van der Waals surface area contributed by atoms with E-state index in [1.165, 1.54) is 106 Å². The fourth-order valence-corrected chi connectivity index (χ4v) is 5.84. The van der Waals surface area contributed by atoms with Crippen LogP contribution in [0, 0.1) is 0 Å². The lowest BCUT2D eigenvalue weighted by atomic mass is 8.96. The number of rotatable bonds is 18. The molecule has 0 aromatic carbocycles. The zero-order valence-electron chi connectivity index (χ0n) is 16.2. The van der Waals surface area contributed by atoms with Gasteiger partial charge in [0.05, 0.1) is 65.1 Å². The van der Waals surface area contributed by atoms with Crippen molar-refractivity contribution in [2.45, 2.75) is 0 Å². The lowest BCUT2D eigenvalue weighted by Crippen LogP contribution is -2.32. The molecule has 0 heterocycles. The Kier molecular flexibility index (Phi) is 22.5. The Bertz CT molecular complexity index is 157. The van der Waals surface area contributed by atoms with Crippen LogP contribution in [0.3, 0.4) is 0 Å². The molecule has 92 valence electrons. The van der Waals surface area contributed by atoms with Gasteiger partial charge in [0.1, 0.15) is 0 Å². The van der Waals surface area contributed by atoms with Crippen LogP contribution in [0.25, 0.3) is 0 Å². The molecule has 0 unspecified atom stereocenters. The van der Waals surface area contributed by atoms with Crippen LogP contribution in [0.15, 0.2) is 0 Å². The first-order valence-electron chi connectivity index (χ1n) is 10.6. The topological polar surface area (TPSA) is 0 Å². The molecule has 0 saturated heterocycles. The van der Waals surface area contributed by atoms with Crippen molar-refractivity contribution in [3.8, 4) is 0 Å².